The highest BCUT2D eigenvalue weighted by molar-refractivity contribution is 6.09. The van der Waals surface area contributed by atoms with E-state index in [0.29, 0.717) is 19.0 Å². The molecule has 1 fully saturated rings. The largest absolute Gasteiger partial charge is 1.00 e. The summed E-state index contributed by atoms with van der Waals surface area (Å²) in [6, 6.07) is 5.01. The number of likely N-dealkylation sites (tertiary alicyclic amines) is 1. The van der Waals surface area contributed by atoms with Gasteiger partial charge in [0.2, 0.25) is 11.8 Å². The van der Waals surface area contributed by atoms with Crippen LogP contribution in [0.15, 0.2) is 18.2 Å². The number of imide groups is 1. The van der Waals surface area contributed by atoms with Crippen LogP contribution in [0, 0.1) is 5.82 Å². The first-order valence-electron chi connectivity index (χ1n) is 9.80. The molecule has 1 aromatic carbocycles. The minimum atomic E-state index is -0.842. The molecular formula is C21H30ClFN2O2. The van der Waals surface area contributed by atoms with Gasteiger partial charge in [-0.2, -0.15) is 0 Å². The van der Waals surface area contributed by atoms with Gasteiger partial charge in [0.1, 0.15) is 5.82 Å². The molecule has 6 heteroatoms. The molecule has 1 aliphatic heterocycles. The third-order valence-electron chi connectivity index (χ3n) is 6.25. The highest BCUT2D eigenvalue weighted by atomic mass is 35.5. The Morgan fingerprint density at radius 3 is 2.67 bits per heavy atom. The van der Waals surface area contributed by atoms with Gasteiger partial charge in [-0.1, -0.05) is 19.9 Å². The summed E-state index contributed by atoms with van der Waals surface area (Å²) in [5.74, 6) is -0.571. The minimum absolute atomic E-state index is 0. The third-order valence-corrected chi connectivity index (χ3v) is 6.25. The van der Waals surface area contributed by atoms with E-state index in [2.05, 4.69) is 25.7 Å². The predicted octanol–water partition coefficient (Wildman–Crippen LogP) is 0.396. The van der Waals surface area contributed by atoms with Crippen LogP contribution in [0.25, 0.3) is 0 Å². The molecule has 2 amide bonds. The molecule has 3 rings (SSSR count). The van der Waals surface area contributed by atoms with Crippen molar-refractivity contribution in [2.45, 2.75) is 64.3 Å². The van der Waals surface area contributed by atoms with Crippen molar-refractivity contribution >= 4 is 11.8 Å². The van der Waals surface area contributed by atoms with Crippen molar-refractivity contribution in [3.8, 4) is 0 Å². The number of carbonyl (C=O) groups is 2. The summed E-state index contributed by atoms with van der Waals surface area (Å²) in [4.78, 5) is 29.7. The smallest absolute Gasteiger partial charge is 1.00 e. The molecule has 2 atom stereocenters. The molecule has 150 valence electrons. The highest BCUT2D eigenvalue weighted by Crippen LogP contribution is 2.45. The number of rotatable bonds is 6. The van der Waals surface area contributed by atoms with Gasteiger partial charge in [-0.25, -0.2) is 4.39 Å². The molecule has 0 aromatic heterocycles. The number of fused-ring (bicyclic) bond motifs is 2. The maximum Gasteiger partial charge on any atom is 1.00 e. The van der Waals surface area contributed by atoms with E-state index in [1.807, 2.05) is 0 Å². The molecule has 0 radical (unpaired) electrons. The first kappa shape index (κ1) is 21.8. The Labute approximate surface area is 169 Å². The Morgan fingerprint density at radius 1 is 1.30 bits per heavy atom. The lowest BCUT2D eigenvalue weighted by Gasteiger charge is -2.34. The number of carbonyl (C=O) groups excluding carboxylic acids is 2. The monoisotopic (exact) mass is 396 g/mol. The molecule has 1 spiro atoms. The number of hydrogen-bond donors (Lipinski definition) is 0. The normalized spacial score (nSPS) is 22.9. The first-order valence-corrected chi connectivity index (χ1v) is 9.80. The lowest BCUT2D eigenvalue weighted by Crippen LogP contribution is -3.00. The van der Waals surface area contributed by atoms with Crippen LogP contribution < -0.4 is 12.4 Å². The van der Waals surface area contributed by atoms with E-state index < -0.39 is 5.41 Å². The summed E-state index contributed by atoms with van der Waals surface area (Å²) >= 11 is 0. The topological polar surface area (TPSA) is 40.6 Å². The standard InChI is InChI=1S/C21H29FN2O2.ClH/c1-4-23(5-2)15(3)10-12-24-19(25)14-21(20(24)26)11-6-7-16-8-9-17(22)13-18(16)21;/h8-9,13,15H,4-7,10-12,14H2,1-3H3;1H. The molecule has 1 saturated heterocycles. The summed E-state index contributed by atoms with van der Waals surface area (Å²) in [5.41, 5.74) is 0.907. The van der Waals surface area contributed by atoms with E-state index in [9.17, 15) is 14.0 Å². The number of aryl methyl sites for hydroxylation is 1. The van der Waals surface area contributed by atoms with Crippen LogP contribution in [-0.4, -0.2) is 47.3 Å². The number of nitrogens with zero attached hydrogens (tertiary/aromatic N) is 2. The van der Waals surface area contributed by atoms with Gasteiger partial charge in [0.05, 0.1) is 5.41 Å². The summed E-state index contributed by atoms with van der Waals surface area (Å²) in [5, 5.41) is 0. The van der Waals surface area contributed by atoms with E-state index in [-0.39, 0.29) is 37.9 Å². The van der Waals surface area contributed by atoms with Crippen LogP contribution in [-0.2, 0) is 21.4 Å². The molecular weight excluding hydrogens is 367 g/mol. The van der Waals surface area contributed by atoms with Crippen LogP contribution >= 0.6 is 0 Å². The molecule has 0 N–H and O–H groups in total. The molecule has 1 aliphatic carbocycles. The van der Waals surface area contributed by atoms with Crippen LogP contribution in [0.3, 0.4) is 0 Å². The van der Waals surface area contributed by atoms with Gasteiger partial charge in [-0.05, 0) is 69.0 Å². The Balaban J connectivity index is 0.00000196. The lowest BCUT2D eigenvalue weighted by atomic mass is 9.69. The van der Waals surface area contributed by atoms with E-state index in [1.54, 1.807) is 6.07 Å². The molecule has 0 saturated carbocycles. The Bertz CT molecular complexity index is 714. The quantitative estimate of drug-likeness (QED) is 0.653. The van der Waals surface area contributed by atoms with E-state index in [1.165, 1.54) is 17.0 Å². The molecule has 0 bridgehead atoms. The van der Waals surface area contributed by atoms with Gasteiger partial charge < -0.3 is 17.3 Å². The second-order valence-corrected chi connectivity index (χ2v) is 7.62. The molecule has 4 nitrogen and oxygen atoms in total. The van der Waals surface area contributed by atoms with Gasteiger partial charge in [-0.15, -0.1) is 0 Å². The van der Waals surface area contributed by atoms with Gasteiger partial charge in [0.15, 0.2) is 0 Å². The average molecular weight is 397 g/mol. The summed E-state index contributed by atoms with van der Waals surface area (Å²) in [6.07, 6.45) is 3.29. The van der Waals surface area contributed by atoms with E-state index in [4.69, 9.17) is 0 Å². The average Bonchev–Trinajstić information content (AvgIpc) is 2.86. The van der Waals surface area contributed by atoms with Crippen molar-refractivity contribution in [2.24, 2.45) is 0 Å². The van der Waals surface area contributed by atoms with Gasteiger partial charge in [-0.3, -0.25) is 14.5 Å². The van der Waals surface area contributed by atoms with Crippen LogP contribution in [0.4, 0.5) is 4.39 Å². The SMILES string of the molecule is CCN(CC)C(C)CCN1C(=O)CC2(CCCc3ccc(F)cc32)C1=O.[Cl-].[H+]. The van der Waals surface area contributed by atoms with Crippen LogP contribution in [0.5, 0.6) is 0 Å². The molecule has 2 unspecified atom stereocenters. The number of amides is 2. The second kappa shape index (κ2) is 8.70. The van der Waals surface area contributed by atoms with Crippen molar-refractivity contribution in [1.29, 1.82) is 0 Å². The number of halogens is 2. The van der Waals surface area contributed by atoms with Crippen molar-refractivity contribution in [2.75, 3.05) is 19.6 Å². The van der Waals surface area contributed by atoms with E-state index >= 15 is 0 Å². The van der Waals surface area contributed by atoms with Gasteiger partial charge in [0.25, 0.3) is 0 Å². The Morgan fingerprint density at radius 2 is 2.00 bits per heavy atom. The van der Waals surface area contributed by atoms with Crippen molar-refractivity contribution in [3.63, 3.8) is 0 Å². The third kappa shape index (κ3) is 3.90. The molecule has 2 aliphatic rings. The maximum atomic E-state index is 13.9. The zero-order valence-corrected chi connectivity index (χ0v) is 17.2. The van der Waals surface area contributed by atoms with Crippen LogP contribution in [0.1, 0.15) is 59.0 Å². The van der Waals surface area contributed by atoms with Crippen molar-refractivity contribution < 1.29 is 27.8 Å². The summed E-state index contributed by atoms with van der Waals surface area (Å²) < 4.78 is 13.9. The van der Waals surface area contributed by atoms with Gasteiger partial charge >= 0.3 is 1.43 Å². The molecule has 1 heterocycles. The molecule has 1 aromatic rings. The summed E-state index contributed by atoms with van der Waals surface area (Å²) in [7, 11) is 0. The zero-order chi connectivity index (χ0) is 18.9. The fourth-order valence-electron chi connectivity index (χ4n) is 4.71. The highest BCUT2D eigenvalue weighted by Gasteiger charge is 2.54. The lowest BCUT2D eigenvalue weighted by molar-refractivity contribution is -0.140. The minimum Gasteiger partial charge on any atom is -1.00 e. The van der Waals surface area contributed by atoms with Crippen molar-refractivity contribution in [1.82, 2.24) is 9.80 Å². The van der Waals surface area contributed by atoms with Gasteiger partial charge in [0, 0.05) is 19.0 Å². The summed E-state index contributed by atoms with van der Waals surface area (Å²) in [6.45, 7) is 8.73. The maximum absolute atomic E-state index is 13.9. The molecule has 27 heavy (non-hydrogen) atoms. The van der Waals surface area contributed by atoms with Crippen molar-refractivity contribution in [3.05, 3.63) is 35.1 Å². The number of benzene rings is 1. The first-order chi connectivity index (χ1) is 12.4. The fraction of sp³-hybridized carbons (Fsp3) is 0.619. The Kier molecular flexibility index (Phi) is 7.03. The van der Waals surface area contributed by atoms with E-state index in [0.717, 1.165) is 43.5 Å². The second-order valence-electron chi connectivity index (χ2n) is 7.62. The Hall–Kier alpha value is -1.46. The fourth-order valence-corrected chi connectivity index (χ4v) is 4.71. The van der Waals surface area contributed by atoms with Crippen LogP contribution in [0.2, 0.25) is 0 Å². The predicted molar refractivity (Wildman–Crippen MR) is 100 cm³/mol. The zero-order valence-electron chi connectivity index (χ0n) is 17.4. The number of hydrogen-bond acceptors (Lipinski definition) is 3.